The molecule has 9 nitrogen and oxygen atoms in total. The largest absolute Gasteiger partial charge is 0.382 e. The molecule has 1 saturated carbocycles. The number of benzene rings is 2. The number of rotatable bonds is 7. The van der Waals surface area contributed by atoms with Gasteiger partial charge in [-0.25, -0.2) is 15.0 Å². The number of imidazole rings is 1. The summed E-state index contributed by atoms with van der Waals surface area (Å²) in [5, 5.41) is 4.08. The standard InChI is InChI=1S/C34H38N8O/c1-22(2)37-30(43)21-40-14-16-41(17-15-40)27-18-26(19-27)34-39-31(32-33(35)36-12-13-42(32)34)25-9-8-24-10-11-28(38-29(24)20-25)23-6-4-3-5-7-23/h3-13,20,22,26-27H,14-19,21H2,1-2H3,(H2,35,36)(H,37,43)/t26-,27+. The summed E-state index contributed by atoms with van der Waals surface area (Å²) in [6.45, 7) is 8.31. The number of piperazine rings is 1. The summed E-state index contributed by atoms with van der Waals surface area (Å²) < 4.78 is 2.14. The van der Waals surface area contributed by atoms with Gasteiger partial charge in [0.1, 0.15) is 22.9 Å². The van der Waals surface area contributed by atoms with Crippen molar-refractivity contribution >= 4 is 28.1 Å². The van der Waals surface area contributed by atoms with E-state index in [9.17, 15) is 4.79 Å². The molecular formula is C34H38N8O. The summed E-state index contributed by atoms with van der Waals surface area (Å²) in [4.78, 5) is 31.7. The SMILES string of the molecule is CC(C)NC(=O)CN1CCN([C@H]2C[C@@H](c3nc(-c4ccc5ccc(-c6ccccc6)nc5c4)c4c(N)nccn43)C2)CC1. The molecular weight excluding hydrogens is 536 g/mol. The Morgan fingerprint density at radius 2 is 1.74 bits per heavy atom. The minimum Gasteiger partial charge on any atom is -0.382 e. The Morgan fingerprint density at radius 3 is 2.51 bits per heavy atom. The summed E-state index contributed by atoms with van der Waals surface area (Å²) in [6.07, 6.45) is 5.87. The number of pyridine rings is 1. The molecule has 0 atom stereocenters. The molecule has 1 amide bonds. The summed E-state index contributed by atoms with van der Waals surface area (Å²) in [5.74, 6) is 1.99. The molecule has 43 heavy (non-hydrogen) atoms. The highest BCUT2D eigenvalue weighted by atomic mass is 16.2. The summed E-state index contributed by atoms with van der Waals surface area (Å²) in [5.41, 5.74) is 12.1. The predicted molar refractivity (Wildman–Crippen MR) is 171 cm³/mol. The lowest BCUT2D eigenvalue weighted by molar-refractivity contribution is -0.123. The molecule has 2 fully saturated rings. The highest BCUT2D eigenvalue weighted by molar-refractivity contribution is 5.91. The van der Waals surface area contributed by atoms with Crippen LogP contribution in [0, 0.1) is 0 Å². The molecule has 0 radical (unpaired) electrons. The molecule has 1 aliphatic carbocycles. The number of aromatic nitrogens is 4. The summed E-state index contributed by atoms with van der Waals surface area (Å²) in [7, 11) is 0. The van der Waals surface area contributed by atoms with Crippen molar-refractivity contribution in [3.05, 3.63) is 78.9 Å². The van der Waals surface area contributed by atoms with E-state index in [1.54, 1.807) is 6.20 Å². The third kappa shape index (κ3) is 5.46. The zero-order chi connectivity index (χ0) is 29.5. The molecule has 0 spiro atoms. The molecule has 220 valence electrons. The number of carbonyl (C=O) groups excluding carboxylic acids is 1. The Kier molecular flexibility index (Phi) is 7.28. The van der Waals surface area contributed by atoms with Gasteiger partial charge in [0, 0.05) is 73.1 Å². The number of amides is 1. The van der Waals surface area contributed by atoms with Crippen LogP contribution < -0.4 is 11.1 Å². The maximum Gasteiger partial charge on any atom is 0.234 e. The second kappa shape index (κ2) is 11.4. The number of nitrogens with one attached hydrogen (secondary N) is 1. The second-order valence-corrected chi connectivity index (χ2v) is 12.2. The van der Waals surface area contributed by atoms with Gasteiger partial charge in [-0.1, -0.05) is 48.5 Å². The molecule has 3 aromatic heterocycles. The van der Waals surface area contributed by atoms with Crippen molar-refractivity contribution in [3.63, 3.8) is 0 Å². The predicted octanol–water partition coefficient (Wildman–Crippen LogP) is 4.58. The first-order chi connectivity index (χ1) is 20.9. The lowest BCUT2D eigenvalue weighted by atomic mass is 9.78. The van der Waals surface area contributed by atoms with Gasteiger partial charge >= 0.3 is 0 Å². The van der Waals surface area contributed by atoms with Crippen LogP contribution in [0.4, 0.5) is 5.82 Å². The number of fused-ring (bicyclic) bond motifs is 2. The first-order valence-electron chi connectivity index (χ1n) is 15.3. The van der Waals surface area contributed by atoms with E-state index in [0.717, 1.165) is 83.8 Å². The first kappa shape index (κ1) is 27.5. The smallest absolute Gasteiger partial charge is 0.234 e. The van der Waals surface area contributed by atoms with Crippen molar-refractivity contribution in [2.45, 2.75) is 44.7 Å². The van der Waals surface area contributed by atoms with Crippen LogP contribution in [-0.4, -0.2) is 79.9 Å². The molecule has 7 rings (SSSR count). The fourth-order valence-corrected chi connectivity index (χ4v) is 6.56. The summed E-state index contributed by atoms with van der Waals surface area (Å²) >= 11 is 0. The van der Waals surface area contributed by atoms with E-state index in [1.807, 2.05) is 38.2 Å². The lowest BCUT2D eigenvalue weighted by Crippen LogP contribution is -2.55. The zero-order valence-electron chi connectivity index (χ0n) is 24.8. The van der Waals surface area contributed by atoms with Gasteiger partial charge < -0.3 is 11.1 Å². The van der Waals surface area contributed by atoms with E-state index >= 15 is 0 Å². The first-order valence-corrected chi connectivity index (χ1v) is 15.3. The Morgan fingerprint density at radius 1 is 0.977 bits per heavy atom. The summed E-state index contributed by atoms with van der Waals surface area (Å²) in [6, 6.07) is 21.5. The third-order valence-corrected chi connectivity index (χ3v) is 8.86. The van der Waals surface area contributed by atoms with E-state index in [1.165, 1.54) is 0 Å². The Balaban J connectivity index is 1.10. The minimum atomic E-state index is 0.113. The average molecular weight is 575 g/mol. The van der Waals surface area contributed by atoms with Gasteiger partial charge in [-0.15, -0.1) is 0 Å². The van der Waals surface area contributed by atoms with E-state index in [0.29, 0.717) is 24.3 Å². The lowest BCUT2D eigenvalue weighted by Gasteiger charge is -2.46. The van der Waals surface area contributed by atoms with Crippen LogP contribution >= 0.6 is 0 Å². The Hall–Kier alpha value is -4.34. The van der Waals surface area contributed by atoms with Crippen molar-refractivity contribution in [3.8, 4) is 22.5 Å². The fourth-order valence-electron chi connectivity index (χ4n) is 6.56. The van der Waals surface area contributed by atoms with Gasteiger partial charge in [-0.3, -0.25) is 19.0 Å². The fraction of sp³-hybridized carbons (Fsp3) is 0.353. The second-order valence-electron chi connectivity index (χ2n) is 12.2. The number of nitrogens with zero attached hydrogens (tertiary/aromatic N) is 6. The van der Waals surface area contributed by atoms with E-state index < -0.39 is 0 Å². The van der Waals surface area contributed by atoms with Crippen LogP contribution in [0.5, 0.6) is 0 Å². The number of hydrogen-bond donors (Lipinski definition) is 2. The van der Waals surface area contributed by atoms with Crippen molar-refractivity contribution in [1.82, 2.24) is 34.5 Å². The Bertz CT molecular complexity index is 1770. The van der Waals surface area contributed by atoms with Crippen molar-refractivity contribution in [2.75, 3.05) is 38.5 Å². The van der Waals surface area contributed by atoms with E-state index in [2.05, 4.69) is 67.0 Å². The van der Waals surface area contributed by atoms with E-state index in [-0.39, 0.29) is 11.9 Å². The number of nitrogen functional groups attached to an aromatic ring is 1. The number of carbonyl (C=O) groups is 1. The molecule has 1 saturated heterocycles. The average Bonchev–Trinajstić information content (AvgIpc) is 3.37. The molecule has 2 aliphatic rings. The normalized spacial score (nSPS) is 19.6. The van der Waals surface area contributed by atoms with Crippen LogP contribution in [0.15, 0.2) is 73.1 Å². The van der Waals surface area contributed by atoms with Crippen LogP contribution in [0.25, 0.3) is 38.9 Å². The zero-order valence-corrected chi connectivity index (χ0v) is 24.8. The van der Waals surface area contributed by atoms with Crippen molar-refractivity contribution in [1.29, 1.82) is 0 Å². The van der Waals surface area contributed by atoms with Gasteiger partial charge in [-0.05, 0) is 38.8 Å². The molecule has 4 heterocycles. The van der Waals surface area contributed by atoms with Crippen LogP contribution in [0.3, 0.4) is 0 Å². The molecule has 0 unspecified atom stereocenters. The maximum absolute atomic E-state index is 12.2. The monoisotopic (exact) mass is 574 g/mol. The van der Waals surface area contributed by atoms with Gasteiger partial charge in [-0.2, -0.15) is 0 Å². The topological polar surface area (TPSA) is 105 Å². The molecule has 3 N–H and O–H groups in total. The highest BCUT2D eigenvalue weighted by Gasteiger charge is 2.38. The van der Waals surface area contributed by atoms with Crippen LogP contribution in [-0.2, 0) is 4.79 Å². The quantitative estimate of drug-likeness (QED) is 0.293. The maximum atomic E-state index is 12.2. The highest BCUT2D eigenvalue weighted by Crippen LogP contribution is 2.42. The third-order valence-electron chi connectivity index (χ3n) is 8.86. The van der Waals surface area contributed by atoms with Crippen molar-refractivity contribution in [2.24, 2.45) is 0 Å². The minimum absolute atomic E-state index is 0.113. The number of anilines is 1. The van der Waals surface area contributed by atoms with Crippen molar-refractivity contribution < 1.29 is 4.79 Å². The molecule has 1 aliphatic heterocycles. The molecule has 2 aromatic carbocycles. The molecule has 0 bridgehead atoms. The number of hydrogen-bond acceptors (Lipinski definition) is 7. The molecule has 5 aromatic rings. The van der Waals surface area contributed by atoms with Gasteiger partial charge in [0.15, 0.2) is 0 Å². The Labute approximate surface area is 251 Å². The van der Waals surface area contributed by atoms with E-state index in [4.69, 9.17) is 15.7 Å². The number of nitrogens with two attached hydrogens (primary N) is 1. The molecule has 9 heteroatoms. The van der Waals surface area contributed by atoms with Crippen LogP contribution in [0.1, 0.15) is 38.4 Å². The van der Waals surface area contributed by atoms with Gasteiger partial charge in [0.05, 0.1) is 17.8 Å². The van der Waals surface area contributed by atoms with Crippen LogP contribution in [0.2, 0.25) is 0 Å². The van der Waals surface area contributed by atoms with Gasteiger partial charge in [0.2, 0.25) is 5.91 Å². The van der Waals surface area contributed by atoms with Gasteiger partial charge in [0.25, 0.3) is 0 Å².